The van der Waals surface area contributed by atoms with Crippen molar-refractivity contribution in [2.75, 3.05) is 39.9 Å². The largest absolute Gasteiger partial charge is 0.484 e. The molecule has 0 unspecified atom stereocenters. The number of sulfonamides is 1. The highest BCUT2D eigenvalue weighted by molar-refractivity contribution is 7.89. The summed E-state index contributed by atoms with van der Waals surface area (Å²) in [5, 5.41) is 3.71. The number of hydrogen-bond acceptors (Lipinski definition) is 8. The Balaban J connectivity index is 1.56. The molecule has 11 heteroatoms. The molecule has 0 atom stereocenters. The Hall–Kier alpha value is -2.92. The Labute approximate surface area is 174 Å². The molecular formula is C19H23N3O7S. The number of methoxy groups -OCH3 is 1. The number of benzene rings is 1. The van der Waals surface area contributed by atoms with E-state index in [1.54, 1.807) is 36.9 Å². The highest BCUT2D eigenvalue weighted by Crippen LogP contribution is 2.24. The van der Waals surface area contributed by atoms with Crippen molar-refractivity contribution in [2.24, 2.45) is 0 Å². The number of amides is 1. The van der Waals surface area contributed by atoms with Gasteiger partial charge in [0.2, 0.25) is 10.0 Å². The van der Waals surface area contributed by atoms with E-state index in [4.69, 9.17) is 9.26 Å². The van der Waals surface area contributed by atoms with Crippen LogP contribution in [0.4, 0.5) is 0 Å². The van der Waals surface area contributed by atoms with Gasteiger partial charge in [-0.1, -0.05) is 11.2 Å². The first kappa shape index (κ1) is 21.8. The summed E-state index contributed by atoms with van der Waals surface area (Å²) in [6.07, 6.45) is 0. The fraction of sp³-hybridized carbons (Fsp3) is 0.421. The molecule has 0 N–H and O–H groups in total. The van der Waals surface area contributed by atoms with E-state index < -0.39 is 16.0 Å². The van der Waals surface area contributed by atoms with Gasteiger partial charge in [0.05, 0.1) is 12.7 Å². The SMILES string of the molecule is COC(=O)c1cccc(OCC(=O)N2CCN(S(=O)(=O)c3c(C)noc3C)CC2)c1. The molecule has 1 aliphatic heterocycles. The number of aryl methyl sites for hydroxylation is 2. The number of esters is 1. The van der Waals surface area contributed by atoms with Gasteiger partial charge in [0, 0.05) is 26.2 Å². The summed E-state index contributed by atoms with van der Waals surface area (Å²) in [7, 11) is -2.45. The fourth-order valence-corrected chi connectivity index (χ4v) is 4.93. The van der Waals surface area contributed by atoms with E-state index in [2.05, 4.69) is 9.89 Å². The van der Waals surface area contributed by atoms with Crippen molar-refractivity contribution in [3.05, 3.63) is 41.3 Å². The van der Waals surface area contributed by atoms with Crippen molar-refractivity contribution in [1.82, 2.24) is 14.4 Å². The molecule has 162 valence electrons. The average Bonchev–Trinajstić information content (AvgIpc) is 3.10. The van der Waals surface area contributed by atoms with E-state index in [-0.39, 0.29) is 49.3 Å². The first-order valence-electron chi connectivity index (χ1n) is 9.26. The Morgan fingerprint density at radius 3 is 2.47 bits per heavy atom. The quantitative estimate of drug-likeness (QED) is 0.614. The molecule has 2 heterocycles. The van der Waals surface area contributed by atoms with Crippen LogP contribution in [-0.2, 0) is 19.6 Å². The Morgan fingerprint density at radius 1 is 1.17 bits per heavy atom. The zero-order valence-corrected chi connectivity index (χ0v) is 17.8. The molecule has 30 heavy (non-hydrogen) atoms. The van der Waals surface area contributed by atoms with Crippen LogP contribution >= 0.6 is 0 Å². The molecule has 0 saturated carbocycles. The lowest BCUT2D eigenvalue weighted by Crippen LogP contribution is -2.51. The predicted octanol–water partition coefficient (Wildman–Crippen LogP) is 0.990. The number of carbonyl (C=O) groups excluding carboxylic acids is 2. The number of nitrogens with zero attached hydrogens (tertiary/aromatic N) is 3. The molecule has 1 aliphatic rings. The standard InChI is InChI=1S/C19H23N3O7S/c1-13-18(14(2)29-20-13)30(25,26)22-9-7-21(8-10-22)17(23)12-28-16-6-4-5-15(11-16)19(24)27-3/h4-6,11H,7-10,12H2,1-3H3. The number of piperazine rings is 1. The van der Waals surface area contributed by atoms with Gasteiger partial charge in [0.1, 0.15) is 16.3 Å². The number of aromatic nitrogens is 1. The van der Waals surface area contributed by atoms with Crippen LogP contribution in [0, 0.1) is 13.8 Å². The van der Waals surface area contributed by atoms with E-state index in [1.807, 2.05) is 0 Å². The van der Waals surface area contributed by atoms with E-state index >= 15 is 0 Å². The molecule has 0 bridgehead atoms. The van der Waals surface area contributed by atoms with Crippen LogP contribution < -0.4 is 4.74 Å². The second-order valence-electron chi connectivity index (χ2n) is 6.75. The van der Waals surface area contributed by atoms with Crippen molar-refractivity contribution in [2.45, 2.75) is 18.7 Å². The summed E-state index contributed by atoms with van der Waals surface area (Å²) in [5.41, 5.74) is 0.634. The van der Waals surface area contributed by atoms with Gasteiger partial charge in [-0.2, -0.15) is 4.31 Å². The summed E-state index contributed by atoms with van der Waals surface area (Å²) >= 11 is 0. The minimum atomic E-state index is -3.74. The van der Waals surface area contributed by atoms with Gasteiger partial charge in [-0.3, -0.25) is 4.79 Å². The molecule has 2 aromatic rings. The molecule has 0 spiro atoms. The third kappa shape index (κ3) is 4.46. The van der Waals surface area contributed by atoms with E-state index in [9.17, 15) is 18.0 Å². The Bertz CT molecular complexity index is 1020. The maximum atomic E-state index is 12.8. The first-order chi connectivity index (χ1) is 14.2. The minimum absolute atomic E-state index is 0.0797. The van der Waals surface area contributed by atoms with E-state index in [1.165, 1.54) is 17.5 Å². The molecule has 10 nitrogen and oxygen atoms in total. The van der Waals surface area contributed by atoms with Crippen molar-refractivity contribution < 1.29 is 32.0 Å². The number of hydrogen-bond donors (Lipinski definition) is 0. The molecule has 3 rings (SSSR count). The maximum Gasteiger partial charge on any atom is 0.337 e. The third-order valence-electron chi connectivity index (χ3n) is 4.77. The van der Waals surface area contributed by atoms with Crippen LogP contribution in [0.2, 0.25) is 0 Å². The zero-order chi connectivity index (χ0) is 21.9. The minimum Gasteiger partial charge on any atom is -0.484 e. The molecule has 0 aliphatic carbocycles. The lowest BCUT2D eigenvalue weighted by molar-refractivity contribution is -0.134. The van der Waals surface area contributed by atoms with Gasteiger partial charge < -0.3 is 18.9 Å². The van der Waals surface area contributed by atoms with Gasteiger partial charge in [-0.05, 0) is 32.0 Å². The lowest BCUT2D eigenvalue weighted by atomic mass is 10.2. The highest BCUT2D eigenvalue weighted by atomic mass is 32.2. The summed E-state index contributed by atoms with van der Waals surface area (Å²) in [6.45, 7) is 3.72. The van der Waals surface area contributed by atoms with Crippen molar-refractivity contribution >= 4 is 21.9 Å². The number of rotatable bonds is 6. The van der Waals surface area contributed by atoms with Crippen molar-refractivity contribution in [3.8, 4) is 5.75 Å². The van der Waals surface area contributed by atoms with Crippen molar-refractivity contribution in [3.63, 3.8) is 0 Å². The van der Waals surface area contributed by atoms with Crippen LogP contribution in [-0.4, -0.2) is 74.6 Å². The number of ether oxygens (including phenoxy) is 2. The monoisotopic (exact) mass is 437 g/mol. The third-order valence-corrected chi connectivity index (χ3v) is 6.92. The number of carbonyl (C=O) groups is 2. The second-order valence-corrected chi connectivity index (χ2v) is 8.62. The maximum absolute atomic E-state index is 12.8. The topological polar surface area (TPSA) is 119 Å². The summed E-state index contributed by atoms with van der Waals surface area (Å²) in [4.78, 5) is 25.7. The average molecular weight is 437 g/mol. The normalized spacial score (nSPS) is 15.1. The van der Waals surface area contributed by atoms with Gasteiger partial charge in [0.25, 0.3) is 5.91 Å². The molecule has 1 fully saturated rings. The first-order valence-corrected chi connectivity index (χ1v) is 10.7. The molecule has 0 radical (unpaired) electrons. The zero-order valence-electron chi connectivity index (χ0n) is 17.0. The summed E-state index contributed by atoms with van der Waals surface area (Å²) < 4.78 is 42.1. The molecule has 1 saturated heterocycles. The van der Waals surface area contributed by atoms with Crippen LogP contribution in [0.15, 0.2) is 33.7 Å². The van der Waals surface area contributed by atoms with Crippen LogP contribution in [0.5, 0.6) is 5.75 Å². The van der Waals surface area contributed by atoms with Crippen molar-refractivity contribution in [1.29, 1.82) is 0 Å². The van der Waals surface area contributed by atoms with Gasteiger partial charge >= 0.3 is 5.97 Å². The lowest BCUT2D eigenvalue weighted by Gasteiger charge is -2.33. The van der Waals surface area contributed by atoms with E-state index in [0.29, 0.717) is 17.0 Å². The fourth-order valence-electron chi connectivity index (χ4n) is 3.22. The van der Waals surface area contributed by atoms with Gasteiger partial charge in [-0.15, -0.1) is 0 Å². The molecular weight excluding hydrogens is 414 g/mol. The Morgan fingerprint density at radius 2 is 1.87 bits per heavy atom. The van der Waals surface area contributed by atoms with Crippen LogP contribution in [0.3, 0.4) is 0 Å². The smallest absolute Gasteiger partial charge is 0.337 e. The summed E-state index contributed by atoms with van der Waals surface area (Å²) in [5.74, 6) is -0.158. The molecule has 1 amide bonds. The highest BCUT2D eigenvalue weighted by Gasteiger charge is 2.34. The molecule has 1 aromatic heterocycles. The van der Waals surface area contributed by atoms with Gasteiger partial charge in [0.15, 0.2) is 12.4 Å². The second kappa shape index (κ2) is 8.84. The van der Waals surface area contributed by atoms with Gasteiger partial charge in [-0.25, -0.2) is 13.2 Å². The summed E-state index contributed by atoms with van der Waals surface area (Å²) in [6, 6.07) is 6.34. The van der Waals surface area contributed by atoms with Crippen LogP contribution in [0.1, 0.15) is 21.8 Å². The Kier molecular flexibility index (Phi) is 6.42. The molecule has 1 aromatic carbocycles. The predicted molar refractivity (Wildman–Crippen MR) is 105 cm³/mol. The van der Waals surface area contributed by atoms with Crippen LogP contribution in [0.25, 0.3) is 0 Å². The van der Waals surface area contributed by atoms with E-state index in [0.717, 1.165) is 0 Å².